The molecule has 0 bridgehead atoms. The van der Waals surface area contributed by atoms with E-state index in [2.05, 4.69) is 58.7 Å². The molecule has 0 unspecified atom stereocenters. The van der Waals surface area contributed by atoms with Crippen LogP contribution in [0.4, 0.5) is 0 Å². The molecule has 0 aromatic heterocycles. The zero-order valence-corrected chi connectivity index (χ0v) is 22.7. The highest BCUT2D eigenvalue weighted by molar-refractivity contribution is 6.30. The van der Waals surface area contributed by atoms with Gasteiger partial charge in [0.05, 0.1) is 5.60 Å². The van der Waals surface area contributed by atoms with E-state index in [0.29, 0.717) is 36.7 Å². The van der Waals surface area contributed by atoms with Crippen LogP contribution in [0.3, 0.4) is 0 Å². The average Bonchev–Trinajstić information content (AvgIpc) is 2.93. The summed E-state index contributed by atoms with van der Waals surface area (Å²) in [6.07, 6.45) is 3.57. The molecule has 3 aromatic rings. The molecule has 1 saturated heterocycles. The standard InChI is InChI=1S/C31H36Cl2N2O2/c32-20-16-29(36)34-24-30(25-8-3-1-4-9-25,26-10-5-2-6-11-26)17-7-21-35-22-18-31(37,19-23-35)27-12-14-28(33)15-13-27/h1-6,8-15,37H,7,16-24H2,(H,34,36). The quantitative estimate of drug-likeness (QED) is 0.288. The lowest BCUT2D eigenvalue weighted by molar-refractivity contribution is -0.120. The first-order valence-corrected chi connectivity index (χ1v) is 14.0. The minimum Gasteiger partial charge on any atom is -0.385 e. The third kappa shape index (κ3) is 6.94. The maximum Gasteiger partial charge on any atom is 0.221 e. The molecule has 4 nitrogen and oxygen atoms in total. The summed E-state index contributed by atoms with van der Waals surface area (Å²) in [7, 11) is 0. The first kappa shape index (κ1) is 27.7. The van der Waals surface area contributed by atoms with Gasteiger partial charge in [-0.3, -0.25) is 4.79 Å². The Balaban J connectivity index is 1.46. The van der Waals surface area contributed by atoms with E-state index in [1.54, 1.807) is 0 Å². The lowest BCUT2D eigenvalue weighted by Gasteiger charge is -2.40. The zero-order valence-electron chi connectivity index (χ0n) is 21.2. The molecule has 196 valence electrons. The third-order valence-electron chi connectivity index (χ3n) is 7.70. The van der Waals surface area contributed by atoms with Crippen LogP contribution in [0.5, 0.6) is 0 Å². The lowest BCUT2D eigenvalue weighted by Crippen LogP contribution is -2.44. The number of carbonyl (C=O) groups is 1. The molecule has 0 spiro atoms. The van der Waals surface area contributed by atoms with Crippen molar-refractivity contribution >= 4 is 29.1 Å². The maximum absolute atomic E-state index is 12.4. The van der Waals surface area contributed by atoms with Gasteiger partial charge in [0, 0.05) is 42.4 Å². The van der Waals surface area contributed by atoms with Crippen molar-refractivity contribution in [3.8, 4) is 0 Å². The van der Waals surface area contributed by atoms with Crippen molar-refractivity contribution in [2.75, 3.05) is 32.1 Å². The second-order valence-electron chi connectivity index (χ2n) is 10.0. The normalized spacial score (nSPS) is 15.9. The number of alkyl halides is 1. The van der Waals surface area contributed by atoms with Crippen LogP contribution in [0.15, 0.2) is 84.9 Å². The Morgan fingerprint density at radius 3 is 2.03 bits per heavy atom. The number of rotatable bonds is 11. The van der Waals surface area contributed by atoms with Gasteiger partial charge in [-0.1, -0.05) is 84.4 Å². The van der Waals surface area contributed by atoms with E-state index in [0.717, 1.165) is 38.0 Å². The number of amides is 1. The van der Waals surface area contributed by atoms with Gasteiger partial charge in [-0.05, 0) is 61.1 Å². The summed E-state index contributed by atoms with van der Waals surface area (Å²) < 4.78 is 0. The SMILES string of the molecule is O=C(CCCl)NCC(CCCN1CCC(O)(c2ccc(Cl)cc2)CC1)(c1ccccc1)c1ccccc1. The number of aliphatic hydroxyl groups is 1. The molecule has 0 saturated carbocycles. The Morgan fingerprint density at radius 2 is 1.49 bits per heavy atom. The molecule has 3 aromatic carbocycles. The van der Waals surface area contributed by atoms with Crippen LogP contribution in [0.2, 0.25) is 5.02 Å². The van der Waals surface area contributed by atoms with E-state index in [4.69, 9.17) is 23.2 Å². The monoisotopic (exact) mass is 538 g/mol. The molecule has 0 aliphatic carbocycles. The van der Waals surface area contributed by atoms with Crippen molar-refractivity contribution in [1.29, 1.82) is 0 Å². The number of halogens is 2. The summed E-state index contributed by atoms with van der Waals surface area (Å²) in [4.78, 5) is 14.9. The molecular formula is C31H36Cl2N2O2. The number of piperidine rings is 1. The van der Waals surface area contributed by atoms with Crippen LogP contribution in [-0.2, 0) is 15.8 Å². The van der Waals surface area contributed by atoms with Crippen molar-refractivity contribution in [1.82, 2.24) is 10.2 Å². The summed E-state index contributed by atoms with van der Waals surface area (Å²) in [5.74, 6) is 0.288. The molecule has 1 aliphatic heterocycles. The van der Waals surface area contributed by atoms with Crippen LogP contribution in [0, 0.1) is 0 Å². The second kappa shape index (κ2) is 12.9. The summed E-state index contributed by atoms with van der Waals surface area (Å²) in [5.41, 5.74) is 2.19. The summed E-state index contributed by atoms with van der Waals surface area (Å²) in [5, 5.41) is 15.1. The molecule has 0 radical (unpaired) electrons. The zero-order chi connectivity index (χ0) is 26.1. The smallest absolute Gasteiger partial charge is 0.221 e. The number of carbonyl (C=O) groups excluding carboxylic acids is 1. The molecule has 2 N–H and O–H groups in total. The van der Waals surface area contributed by atoms with E-state index < -0.39 is 5.60 Å². The van der Waals surface area contributed by atoms with Crippen molar-refractivity contribution < 1.29 is 9.90 Å². The number of nitrogens with zero attached hydrogens (tertiary/aromatic N) is 1. The molecular weight excluding hydrogens is 503 g/mol. The van der Waals surface area contributed by atoms with Crippen molar-refractivity contribution in [3.63, 3.8) is 0 Å². The molecule has 1 amide bonds. The Kier molecular flexibility index (Phi) is 9.66. The summed E-state index contributed by atoms with van der Waals surface area (Å²) in [6.45, 7) is 3.14. The molecule has 1 aliphatic rings. The highest BCUT2D eigenvalue weighted by Crippen LogP contribution is 2.38. The number of hydrogen-bond donors (Lipinski definition) is 2. The van der Waals surface area contributed by atoms with E-state index in [1.165, 1.54) is 11.1 Å². The molecule has 4 rings (SSSR count). The largest absolute Gasteiger partial charge is 0.385 e. The van der Waals surface area contributed by atoms with E-state index in [9.17, 15) is 9.90 Å². The lowest BCUT2D eigenvalue weighted by atomic mass is 9.71. The van der Waals surface area contributed by atoms with Gasteiger partial charge in [-0.15, -0.1) is 11.6 Å². The van der Waals surface area contributed by atoms with Crippen molar-refractivity contribution in [2.45, 2.75) is 43.1 Å². The highest BCUT2D eigenvalue weighted by atomic mass is 35.5. The maximum atomic E-state index is 12.4. The van der Waals surface area contributed by atoms with Crippen molar-refractivity contribution in [2.24, 2.45) is 0 Å². The highest BCUT2D eigenvalue weighted by Gasteiger charge is 2.36. The fourth-order valence-corrected chi connectivity index (χ4v) is 5.78. The van der Waals surface area contributed by atoms with Gasteiger partial charge in [0.2, 0.25) is 5.91 Å². The van der Waals surface area contributed by atoms with Gasteiger partial charge in [-0.25, -0.2) is 0 Å². The minimum atomic E-state index is -0.800. The van der Waals surface area contributed by atoms with Gasteiger partial charge in [0.15, 0.2) is 0 Å². The predicted molar refractivity (Wildman–Crippen MR) is 152 cm³/mol. The number of likely N-dealkylation sites (tertiary alicyclic amines) is 1. The van der Waals surface area contributed by atoms with Gasteiger partial charge >= 0.3 is 0 Å². The second-order valence-corrected chi connectivity index (χ2v) is 10.8. The van der Waals surface area contributed by atoms with Crippen LogP contribution < -0.4 is 5.32 Å². The minimum absolute atomic E-state index is 0.0243. The predicted octanol–water partition coefficient (Wildman–Crippen LogP) is 6.14. The summed E-state index contributed by atoms with van der Waals surface area (Å²) >= 11 is 11.9. The Hall–Kier alpha value is -2.37. The Morgan fingerprint density at radius 1 is 0.919 bits per heavy atom. The van der Waals surface area contributed by atoms with Crippen LogP contribution >= 0.6 is 23.2 Å². The van der Waals surface area contributed by atoms with Gasteiger partial charge in [0.1, 0.15) is 0 Å². The van der Waals surface area contributed by atoms with Crippen LogP contribution in [0.1, 0.15) is 48.8 Å². The van der Waals surface area contributed by atoms with Gasteiger partial charge in [0.25, 0.3) is 0 Å². The molecule has 1 heterocycles. The van der Waals surface area contributed by atoms with Gasteiger partial charge < -0.3 is 15.3 Å². The van der Waals surface area contributed by atoms with E-state index in [1.807, 2.05) is 36.4 Å². The van der Waals surface area contributed by atoms with Crippen LogP contribution in [0.25, 0.3) is 0 Å². The first-order chi connectivity index (χ1) is 17.9. The number of nitrogens with one attached hydrogen (secondary N) is 1. The van der Waals surface area contributed by atoms with Gasteiger partial charge in [-0.2, -0.15) is 0 Å². The average molecular weight is 540 g/mol. The van der Waals surface area contributed by atoms with Crippen LogP contribution in [-0.4, -0.2) is 48.0 Å². The third-order valence-corrected chi connectivity index (χ3v) is 8.15. The molecule has 6 heteroatoms. The molecule has 0 atom stereocenters. The number of hydrogen-bond acceptors (Lipinski definition) is 3. The molecule has 1 fully saturated rings. The number of benzene rings is 3. The molecule has 37 heavy (non-hydrogen) atoms. The van der Waals surface area contributed by atoms with E-state index >= 15 is 0 Å². The first-order valence-electron chi connectivity index (χ1n) is 13.1. The fraction of sp³-hybridized carbons (Fsp3) is 0.387. The van der Waals surface area contributed by atoms with E-state index in [-0.39, 0.29) is 11.3 Å². The topological polar surface area (TPSA) is 52.6 Å². The Labute approximate surface area is 230 Å². The fourth-order valence-electron chi connectivity index (χ4n) is 5.49. The summed E-state index contributed by atoms with van der Waals surface area (Å²) in [6, 6.07) is 28.5. The Bertz CT molecular complexity index is 1080. The van der Waals surface area contributed by atoms with Crippen molar-refractivity contribution in [3.05, 3.63) is 107 Å².